The number of rotatable bonds is 5. The lowest BCUT2D eigenvalue weighted by molar-refractivity contribution is -0.137. The predicted molar refractivity (Wildman–Crippen MR) is 84.7 cm³/mol. The van der Waals surface area contributed by atoms with Crippen molar-refractivity contribution in [3.63, 3.8) is 0 Å². The summed E-state index contributed by atoms with van der Waals surface area (Å²) in [5, 5.41) is 0. The molecule has 1 unspecified atom stereocenters. The van der Waals surface area contributed by atoms with Gasteiger partial charge in [-0.15, -0.1) is 0 Å². The van der Waals surface area contributed by atoms with E-state index in [0.717, 1.165) is 29.8 Å². The third-order valence-corrected chi connectivity index (χ3v) is 4.84. The molecule has 2 aromatic carbocycles. The fourth-order valence-electron chi connectivity index (χ4n) is 2.05. The molecule has 25 heavy (non-hydrogen) atoms. The monoisotopic (exact) mass is 372 g/mol. The Morgan fingerprint density at radius 3 is 2.00 bits per heavy atom. The molecule has 0 bridgehead atoms. The van der Waals surface area contributed by atoms with Crippen LogP contribution < -0.4 is 0 Å². The van der Waals surface area contributed by atoms with Gasteiger partial charge in [0.1, 0.15) is 6.10 Å². The van der Waals surface area contributed by atoms with Crippen LogP contribution in [0.2, 0.25) is 0 Å². The third-order valence-electron chi connectivity index (χ3n) is 3.45. The molecule has 0 aliphatic rings. The summed E-state index contributed by atoms with van der Waals surface area (Å²) in [6, 6.07) is 9.35. The van der Waals surface area contributed by atoms with Crippen LogP contribution in [0.5, 0.6) is 0 Å². The molecule has 0 N–H and O–H groups in total. The highest BCUT2D eigenvalue weighted by Gasteiger charge is 2.31. The van der Waals surface area contributed by atoms with Crippen molar-refractivity contribution in [3.05, 3.63) is 65.2 Å². The summed E-state index contributed by atoms with van der Waals surface area (Å²) in [4.78, 5) is 12.1. The summed E-state index contributed by atoms with van der Waals surface area (Å²) in [7, 11) is -4.16. The zero-order valence-corrected chi connectivity index (χ0v) is 14.2. The SMILES string of the molecule is Cc1ccc(S(=O)(=O)OC(C)C(=O)c2ccc(C(F)(F)F)cc2)cc1. The van der Waals surface area contributed by atoms with Gasteiger partial charge in [-0.25, -0.2) is 0 Å². The first kappa shape index (κ1) is 19.1. The summed E-state index contributed by atoms with van der Waals surface area (Å²) in [6.07, 6.45) is -5.89. The molecule has 2 rings (SSSR count). The molecule has 134 valence electrons. The maximum Gasteiger partial charge on any atom is 0.416 e. The molecule has 0 aliphatic heterocycles. The lowest BCUT2D eigenvalue weighted by Crippen LogP contribution is -2.24. The van der Waals surface area contributed by atoms with Crippen molar-refractivity contribution < 1.29 is 30.6 Å². The fourth-order valence-corrected chi connectivity index (χ4v) is 3.10. The number of Topliss-reactive ketones (excluding diaryl/α,β-unsaturated/α-hetero) is 1. The Bertz CT molecular complexity index is 854. The minimum absolute atomic E-state index is 0.0698. The Morgan fingerprint density at radius 2 is 1.52 bits per heavy atom. The van der Waals surface area contributed by atoms with Crippen molar-refractivity contribution in [1.82, 2.24) is 0 Å². The van der Waals surface area contributed by atoms with Crippen LogP contribution in [0.4, 0.5) is 13.2 Å². The molecular weight excluding hydrogens is 357 g/mol. The molecule has 0 heterocycles. The van der Waals surface area contributed by atoms with Gasteiger partial charge in [0.15, 0.2) is 5.78 Å². The van der Waals surface area contributed by atoms with E-state index in [2.05, 4.69) is 0 Å². The average Bonchev–Trinajstić information content (AvgIpc) is 2.53. The lowest BCUT2D eigenvalue weighted by Gasteiger charge is -2.13. The van der Waals surface area contributed by atoms with E-state index in [1.54, 1.807) is 19.1 Å². The van der Waals surface area contributed by atoms with Crippen molar-refractivity contribution in [2.24, 2.45) is 0 Å². The van der Waals surface area contributed by atoms with Gasteiger partial charge < -0.3 is 0 Å². The van der Waals surface area contributed by atoms with Gasteiger partial charge in [-0.2, -0.15) is 21.6 Å². The minimum Gasteiger partial charge on any atom is -0.291 e. The molecular formula is C17H15F3O4S. The fraction of sp³-hybridized carbons (Fsp3) is 0.235. The molecule has 0 aromatic heterocycles. The van der Waals surface area contributed by atoms with Gasteiger partial charge in [-0.05, 0) is 38.1 Å². The van der Waals surface area contributed by atoms with E-state index < -0.39 is 33.7 Å². The van der Waals surface area contributed by atoms with Crippen LogP contribution in [0.1, 0.15) is 28.4 Å². The lowest BCUT2D eigenvalue weighted by atomic mass is 10.1. The van der Waals surface area contributed by atoms with Crippen molar-refractivity contribution in [2.45, 2.75) is 31.0 Å². The van der Waals surface area contributed by atoms with Crippen LogP contribution in [0.3, 0.4) is 0 Å². The zero-order valence-electron chi connectivity index (χ0n) is 13.4. The summed E-state index contributed by atoms with van der Waals surface area (Å²) < 4.78 is 66.8. The van der Waals surface area contributed by atoms with Crippen molar-refractivity contribution >= 4 is 15.9 Å². The molecule has 0 saturated heterocycles. The molecule has 0 radical (unpaired) electrons. The van der Waals surface area contributed by atoms with Crippen LogP contribution >= 0.6 is 0 Å². The topological polar surface area (TPSA) is 60.4 Å². The van der Waals surface area contributed by atoms with Crippen LogP contribution in [-0.2, 0) is 20.5 Å². The second kappa shape index (κ2) is 6.97. The first-order valence-electron chi connectivity index (χ1n) is 7.22. The maximum absolute atomic E-state index is 12.5. The Labute approximate surface area is 143 Å². The Hall–Kier alpha value is -2.19. The molecule has 0 fully saturated rings. The highest BCUT2D eigenvalue weighted by Crippen LogP contribution is 2.29. The largest absolute Gasteiger partial charge is 0.416 e. The highest BCUT2D eigenvalue weighted by molar-refractivity contribution is 7.86. The normalized spacial score (nSPS) is 13.5. The molecule has 2 aromatic rings. The van der Waals surface area contributed by atoms with Crippen LogP contribution in [0.15, 0.2) is 53.4 Å². The van der Waals surface area contributed by atoms with E-state index in [1.165, 1.54) is 19.1 Å². The van der Waals surface area contributed by atoms with Crippen LogP contribution in [-0.4, -0.2) is 20.3 Å². The minimum atomic E-state index is -4.52. The number of aryl methyl sites for hydroxylation is 1. The highest BCUT2D eigenvalue weighted by atomic mass is 32.2. The van der Waals surface area contributed by atoms with E-state index in [1.807, 2.05) is 0 Å². The molecule has 0 spiro atoms. The number of hydrogen-bond donors (Lipinski definition) is 0. The summed E-state index contributed by atoms with van der Waals surface area (Å²) >= 11 is 0. The van der Waals surface area contributed by atoms with Gasteiger partial charge in [-0.3, -0.25) is 8.98 Å². The average molecular weight is 372 g/mol. The summed E-state index contributed by atoms with van der Waals surface area (Å²) in [5.74, 6) is -0.732. The quantitative estimate of drug-likeness (QED) is 0.588. The third kappa shape index (κ3) is 4.67. The van der Waals surface area contributed by atoms with Gasteiger partial charge in [0.25, 0.3) is 10.1 Å². The smallest absolute Gasteiger partial charge is 0.291 e. The van der Waals surface area contributed by atoms with E-state index in [9.17, 15) is 26.4 Å². The van der Waals surface area contributed by atoms with Crippen molar-refractivity contribution in [1.29, 1.82) is 0 Å². The summed E-state index contributed by atoms with van der Waals surface area (Å²) in [5.41, 5.74) is -0.114. The molecule has 0 amide bonds. The predicted octanol–water partition coefficient (Wildman–Crippen LogP) is 3.99. The van der Waals surface area contributed by atoms with Gasteiger partial charge in [0, 0.05) is 5.56 Å². The number of benzene rings is 2. The second-order valence-electron chi connectivity index (χ2n) is 5.44. The number of alkyl halides is 3. The van der Waals surface area contributed by atoms with Gasteiger partial charge in [0.2, 0.25) is 0 Å². The van der Waals surface area contributed by atoms with E-state index in [0.29, 0.717) is 0 Å². The van der Waals surface area contributed by atoms with Gasteiger partial charge >= 0.3 is 6.18 Å². The number of hydrogen-bond acceptors (Lipinski definition) is 4. The number of halogens is 3. The Kier molecular flexibility index (Phi) is 5.34. The Balaban J connectivity index is 2.15. The molecule has 0 aliphatic carbocycles. The first-order valence-corrected chi connectivity index (χ1v) is 8.63. The zero-order chi connectivity index (χ0) is 18.8. The molecule has 1 atom stereocenters. The van der Waals surface area contributed by atoms with Crippen molar-refractivity contribution in [3.8, 4) is 0 Å². The molecule has 4 nitrogen and oxygen atoms in total. The number of carbonyl (C=O) groups excluding carboxylic acids is 1. The van der Waals surface area contributed by atoms with Gasteiger partial charge in [-0.1, -0.05) is 29.8 Å². The summed E-state index contributed by atoms with van der Waals surface area (Å²) in [6.45, 7) is 3.01. The van der Waals surface area contributed by atoms with E-state index in [-0.39, 0.29) is 10.5 Å². The molecule has 0 saturated carbocycles. The van der Waals surface area contributed by atoms with E-state index in [4.69, 9.17) is 4.18 Å². The van der Waals surface area contributed by atoms with Crippen LogP contribution in [0.25, 0.3) is 0 Å². The Morgan fingerprint density at radius 1 is 1.00 bits per heavy atom. The second-order valence-corrected chi connectivity index (χ2v) is 7.02. The maximum atomic E-state index is 12.5. The number of ketones is 1. The van der Waals surface area contributed by atoms with Gasteiger partial charge in [0.05, 0.1) is 10.5 Å². The number of carbonyl (C=O) groups is 1. The standard InChI is InChI=1S/C17H15F3O4S/c1-11-3-9-15(10-4-11)25(22,23)24-12(2)16(21)13-5-7-14(8-6-13)17(18,19)20/h3-10,12H,1-2H3. The van der Waals surface area contributed by atoms with Crippen LogP contribution in [0, 0.1) is 6.92 Å². The first-order chi connectivity index (χ1) is 11.5. The van der Waals surface area contributed by atoms with Crippen molar-refractivity contribution in [2.75, 3.05) is 0 Å². The molecule has 8 heteroatoms. The van der Waals surface area contributed by atoms with E-state index >= 15 is 0 Å².